The molecule has 7 heteroatoms. The lowest BCUT2D eigenvalue weighted by atomic mass is 9.96. The Morgan fingerprint density at radius 1 is 1.26 bits per heavy atom. The van der Waals surface area contributed by atoms with Crippen LogP contribution in [0.5, 0.6) is 5.75 Å². The van der Waals surface area contributed by atoms with Gasteiger partial charge in [-0.05, 0) is 24.1 Å². The Kier molecular flexibility index (Phi) is 3.96. The minimum Gasteiger partial charge on any atom is -0.508 e. The molecule has 1 aromatic rings. The average molecular weight is 317 g/mol. The number of phenols is 1. The highest BCUT2D eigenvalue weighted by atomic mass is 16.3. The van der Waals surface area contributed by atoms with E-state index in [1.807, 2.05) is 0 Å². The number of aliphatic hydroxyl groups excluding tert-OH is 1. The van der Waals surface area contributed by atoms with Gasteiger partial charge >= 0.3 is 6.03 Å². The Bertz CT molecular complexity index is 668. The molecule has 122 valence electrons. The molecule has 0 spiro atoms. The standard InChI is InChI=1S/C16H19N3O4/c1-18-12-9-19(7-2-8-20)15(22)13(12)14(17-16(18)23)10-3-5-11(21)6-4-10/h3-6,14,20-21H,2,7-9H2,1H3,(H,17,23)/t14-/m1/s1. The number of benzene rings is 1. The summed E-state index contributed by atoms with van der Waals surface area (Å²) in [5.41, 5.74) is 1.99. The monoisotopic (exact) mass is 317 g/mol. The van der Waals surface area contributed by atoms with Crippen molar-refractivity contribution in [3.8, 4) is 5.75 Å². The predicted octanol–water partition coefficient (Wildman–Crippen LogP) is 0.567. The van der Waals surface area contributed by atoms with Gasteiger partial charge in [0.15, 0.2) is 0 Å². The van der Waals surface area contributed by atoms with Crippen molar-refractivity contribution in [1.82, 2.24) is 15.1 Å². The molecule has 0 aliphatic carbocycles. The first kappa shape index (κ1) is 15.4. The van der Waals surface area contributed by atoms with Crippen LogP contribution in [0.25, 0.3) is 0 Å². The maximum Gasteiger partial charge on any atom is 0.322 e. The number of nitrogens with zero attached hydrogens (tertiary/aromatic N) is 2. The first-order chi connectivity index (χ1) is 11.0. The zero-order chi connectivity index (χ0) is 16.6. The number of aromatic hydroxyl groups is 1. The third-order valence-electron chi connectivity index (χ3n) is 4.25. The van der Waals surface area contributed by atoms with E-state index in [0.29, 0.717) is 30.8 Å². The van der Waals surface area contributed by atoms with Gasteiger partial charge in [-0.25, -0.2) is 4.79 Å². The van der Waals surface area contributed by atoms with Gasteiger partial charge in [0.25, 0.3) is 5.91 Å². The first-order valence-electron chi connectivity index (χ1n) is 7.49. The lowest BCUT2D eigenvalue weighted by Crippen LogP contribution is -2.45. The Morgan fingerprint density at radius 3 is 2.61 bits per heavy atom. The number of nitrogens with one attached hydrogen (secondary N) is 1. The third-order valence-corrected chi connectivity index (χ3v) is 4.25. The summed E-state index contributed by atoms with van der Waals surface area (Å²) in [5, 5.41) is 21.2. The second-order valence-electron chi connectivity index (χ2n) is 5.70. The molecule has 0 saturated carbocycles. The number of phenolic OH excluding ortho intramolecular Hbond substituents is 1. The summed E-state index contributed by atoms with van der Waals surface area (Å²) >= 11 is 0. The van der Waals surface area contributed by atoms with Crippen molar-refractivity contribution >= 4 is 11.9 Å². The molecule has 2 aliphatic heterocycles. The van der Waals surface area contributed by atoms with Crippen molar-refractivity contribution in [2.45, 2.75) is 12.5 Å². The summed E-state index contributed by atoms with van der Waals surface area (Å²) in [5.74, 6) is 0.00269. The molecule has 3 amide bonds. The fraction of sp³-hybridized carbons (Fsp3) is 0.375. The van der Waals surface area contributed by atoms with E-state index in [0.717, 1.165) is 5.56 Å². The molecular weight excluding hydrogens is 298 g/mol. The zero-order valence-corrected chi connectivity index (χ0v) is 12.8. The van der Waals surface area contributed by atoms with E-state index in [-0.39, 0.29) is 24.3 Å². The Hall–Kier alpha value is -2.54. The van der Waals surface area contributed by atoms with Crippen LogP contribution in [0, 0.1) is 0 Å². The Labute approximate surface area is 133 Å². The summed E-state index contributed by atoms with van der Waals surface area (Å²) < 4.78 is 0. The molecule has 0 fully saturated rings. The van der Waals surface area contributed by atoms with Crippen molar-refractivity contribution in [3.63, 3.8) is 0 Å². The highest BCUT2D eigenvalue weighted by Crippen LogP contribution is 2.35. The topological polar surface area (TPSA) is 93.1 Å². The number of hydrogen-bond donors (Lipinski definition) is 3. The van der Waals surface area contributed by atoms with E-state index in [1.54, 1.807) is 24.1 Å². The second-order valence-corrected chi connectivity index (χ2v) is 5.70. The molecule has 0 bridgehead atoms. The van der Waals surface area contributed by atoms with Crippen LogP contribution >= 0.6 is 0 Å². The van der Waals surface area contributed by atoms with Crippen molar-refractivity contribution < 1.29 is 19.8 Å². The van der Waals surface area contributed by atoms with Crippen molar-refractivity contribution in [1.29, 1.82) is 0 Å². The number of aliphatic hydroxyl groups is 1. The highest BCUT2D eigenvalue weighted by molar-refractivity contribution is 6.01. The van der Waals surface area contributed by atoms with Crippen LogP contribution in [0.3, 0.4) is 0 Å². The number of carbonyl (C=O) groups is 2. The van der Waals surface area contributed by atoms with Gasteiger partial charge in [-0.1, -0.05) is 12.1 Å². The lowest BCUT2D eigenvalue weighted by Gasteiger charge is -2.31. The summed E-state index contributed by atoms with van der Waals surface area (Å²) in [4.78, 5) is 28.0. The molecule has 23 heavy (non-hydrogen) atoms. The van der Waals surface area contributed by atoms with E-state index < -0.39 is 6.04 Å². The van der Waals surface area contributed by atoms with Gasteiger partial charge < -0.3 is 20.4 Å². The maximum atomic E-state index is 12.7. The molecule has 3 rings (SSSR count). The normalized spacial score (nSPS) is 20.9. The number of urea groups is 1. The fourth-order valence-electron chi connectivity index (χ4n) is 2.98. The van der Waals surface area contributed by atoms with Gasteiger partial charge in [0, 0.05) is 20.2 Å². The van der Waals surface area contributed by atoms with Gasteiger partial charge in [0.2, 0.25) is 0 Å². The summed E-state index contributed by atoms with van der Waals surface area (Å²) in [7, 11) is 1.64. The average Bonchev–Trinajstić information content (AvgIpc) is 2.87. The number of hydrogen-bond acceptors (Lipinski definition) is 4. The molecule has 0 saturated heterocycles. The molecule has 1 aromatic carbocycles. The van der Waals surface area contributed by atoms with Crippen LogP contribution < -0.4 is 5.32 Å². The summed E-state index contributed by atoms with van der Waals surface area (Å²) in [6.07, 6.45) is 0.501. The van der Waals surface area contributed by atoms with E-state index in [9.17, 15) is 14.7 Å². The molecule has 3 N–H and O–H groups in total. The summed E-state index contributed by atoms with van der Waals surface area (Å²) in [6.45, 7) is 0.836. The minimum absolute atomic E-state index is 0.0167. The maximum absolute atomic E-state index is 12.7. The molecule has 1 atom stereocenters. The van der Waals surface area contributed by atoms with E-state index >= 15 is 0 Å². The number of carbonyl (C=O) groups excluding carboxylic acids is 2. The highest BCUT2D eigenvalue weighted by Gasteiger charge is 2.42. The largest absolute Gasteiger partial charge is 0.508 e. The Balaban J connectivity index is 1.96. The van der Waals surface area contributed by atoms with Crippen LogP contribution in [0.1, 0.15) is 18.0 Å². The van der Waals surface area contributed by atoms with E-state index in [1.165, 1.54) is 17.0 Å². The SMILES string of the molecule is CN1C(=O)N[C@H](c2ccc(O)cc2)C2=C1CN(CCCO)C2=O. The molecule has 0 aromatic heterocycles. The van der Waals surface area contributed by atoms with Crippen LogP contribution in [-0.4, -0.2) is 58.7 Å². The number of rotatable bonds is 4. The Morgan fingerprint density at radius 2 is 1.96 bits per heavy atom. The van der Waals surface area contributed by atoms with Gasteiger partial charge in [-0.2, -0.15) is 0 Å². The van der Waals surface area contributed by atoms with Crippen LogP contribution in [0.2, 0.25) is 0 Å². The molecule has 0 unspecified atom stereocenters. The molecule has 7 nitrogen and oxygen atoms in total. The van der Waals surface area contributed by atoms with E-state index in [4.69, 9.17) is 5.11 Å². The molecule has 2 heterocycles. The molecule has 2 aliphatic rings. The van der Waals surface area contributed by atoms with Gasteiger partial charge in [0.05, 0.1) is 23.9 Å². The summed E-state index contributed by atoms with van der Waals surface area (Å²) in [6, 6.07) is 5.66. The number of amides is 3. The first-order valence-corrected chi connectivity index (χ1v) is 7.49. The van der Waals surface area contributed by atoms with Crippen LogP contribution in [0.4, 0.5) is 4.79 Å². The lowest BCUT2D eigenvalue weighted by molar-refractivity contribution is -0.125. The van der Waals surface area contributed by atoms with Gasteiger partial charge in [-0.15, -0.1) is 0 Å². The van der Waals surface area contributed by atoms with Crippen molar-refractivity contribution in [2.75, 3.05) is 26.7 Å². The van der Waals surface area contributed by atoms with Crippen molar-refractivity contribution in [3.05, 3.63) is 41.1 Å². The van der Waals surface area contributed by atoms with Gasteiger partial charge in [-0.3, -0.25) is 9.69 Å². The van der Waals surface area contributed by atoms with Crippen molar-refractivity contribution in [2.24, 2.45) is 0 Å². The third kappa shape index (κ3) is 2.63. The van der Waals surface area contributed by atoms with Crippen LogP contribution in [0.15, 0.2) is 35.5 Å². The number of likely N-dealkylation sites (N-methyl/N-ethyl adjacent to an activating group) is 1. The van der Waals surface area contributed by atoms with Crippen LogP contribution in [-0.2, 0) is 4.79 Å². The quantitative estimate of drug-likeness (QED) is 0.757. The van der Waals surface area contributed by atoms with E-state index in [2.05, 4.69) is 5.32 Å². The minimum atomic E-state index is -0.527. The predicted molar refractivity (Wildman–Crippen MR) is 82.5 cm³/mol. The molecule has 0 radical (unpaired) electrons. The smallest absolute Gasteiger partial charge is 0.322 e. The van der Waals surface area contributed by atoms with Gasteiger partial charge in [0.1, 0.15) is 5.75 Å². The second kappa shape index (κ2) is 5.92. The zero-order valence-electron chi connectivity index (χ0n) is 12.8. The fourth-order valence-corrected chi connectivity index (χ4v) is 2.98. The molecular formula is C16H19N3O4.